The molecule has 0 aliphatic heterocycles. The van der Waals surface area contributed by atoms with Gasteiger partial charge in [0.1, 0.15) is 5.82 Å². The van der Waals surface area contributed by atoms with E-state index in [0.717, 1.165) is 11.6 Å². The SMILES string of the molecule is Cc1ccc(C(=O)CCC(=O)Nc2ccc(F)c(C(F)(F)F)c2)cc1. The van der Waals surface area contributed by atoms with Gasteiger partial charge in [-0.2, -0.15) is 13.2 Å². The molecule has 0 heterocycles. The first-order valence-electron chi connectivity index (χ1n) is 7.43. The molecule has 0 spiro atoms. The number of carbonyl (C=O) groups excluding carboxylic acids is 2. The van der Waals surface area contributed by atoms with Gasteiger partial charge >= 0.3 is 6.18 Å². The number of hydrogen-bond donors (Lipinski definition) is 1. The van der Waals surface area contributed by atoms with Crippen LogP contribution in [0.2, 0.25) is 0 Å². The average molecular weight is 353 g/mol. The number of benzene rings is 2. The van der Waals surface area contributed by atoms with E-state index in [1.54, 1.807) is 24.3 Å². The van der Waals surface area contributed by atoms with E-state index in [0.29, 0.717) is 17.7 Å². The monoisotopic (exact) mass is 353 g/mol. The molecule has 2 aromatic carbocycles. The molecule has 7 heteroatoms. The van der Waals surface area contributed by atoms with Gasteiger partial charge in [0.2, 0.25) is 5.91 Å². The Morgan fingerprint density at radius 2 is 1.64 bits per heavy atom. The zero-order chi connectivity index (χ0) is 18.6. The van der Waals surface area contributed by atoms with E-state index in [1.165, 1.54) is 0 Å². The van der Waals surface area contributed by atoms with Gasteiger partial charge in [-0.1, -0.05) is 29.8 Å². The number of hydrogen-bond acceptors (Lipinski definition) is 2. The molecule has 0 aliphatic carbocycles. The molecular weight excluding hydrogens is 338 g/mol. The van der Waals surface area contributed by atoms with Crippen molar-refractivity contribution < 1.29 is 27.2 Å². The van der Waals surface area contributed by atoms with Gasteiger partial charge in [-0.3, -0.25) is 9.59 Å². The number of halogens is 4. The number of aryl methyl sites for hydroxylation is 1. The summed E-state index contributed by atoms with van der Waals surface area (Å²) in [6, 6.07) is 9.01. The molecule has 25 heavy (non-hydrogen) atoms. The molecule has 3 nitrogen and oxygen atoms in total. The molecular formula is C18H15F4NO2. The van der Waals surface area contributed by atoms with Gasteiger partial charge in [-0.05, 0) is 25.1 Å². The van der Waals surface area contributed by atoms with Crippen molar-refractivity contribution in [1.82, 2.24) is 0 Å². The summed E-state index contributed by atoms with van der Waals surface area (Å²) in [5.74, 6) is -2.29. The fourth-order valence-electron chi connectivity index (χ4n) is 2.15. The summed E-state index contributed by atoms with van der Waals surface area (Å²) in [4.78, 5) is 23.8. The lowest BCUT2D eigenvalue weighted by molar-refractivity contribution is -0.140. The average Bonchev–Trinajstić information content (AvgIpc) is 2.54. The molecule has 132 valence electrons. The number of Topliss-reactive ketones (excluding diaryl/α,β-unsaturated/α-hetero) is 1. The van der Waals surface area contributed by atoms with Crippen molar-refractivity contribution in [3.8, 4) is 0 Å². The second-order valence-corrected chi connectivity index (χ2v) is 5.53. The first kappa shape index (κ1) is 18.6. The lowest BCUT2D eigenvalue weighted by Crippen LogP contribution is -2.15. The Morgan fingerprint density at radius 3 is 2.24 bits per heavy atom. The van der Waals surface area contributed by atoms with Gasteiger partial charge in [0, 0.05) is 24.1 Å². The van der Waals surface area contributed by atoms with Gasteiger partial charge in [0.25, 0.3) is 0 Å². The molecule has 0 saturated heterocycles. The maximum Gasteiger partial charge on any atom is 0.419 e. The van der Waals surface area contributed by atoms with E-state index in [-0.39, 0.29) is 24.3 Å². The molecule has 0 unspecified atom stereocenters. The molecule has 0 radical (unpaired) electrons. The fraction of sp³-hybridized carbons (Fsp3) is 0.222. The van der Waals surface area contributed by atoms with Gasteiger partial charge in [-0.25, -0.2) is 4.39 Å². The van der Waals surface area contributed by atoms with E-state index >= 15 is 0 Å². The maximum absolute atomic E-state index is 13.2. The van der Waals surface area contributed by atoms with Crippen LogP contribution in [0.1, 0.15) is 34.3 Å². The number of nitrogens with one attached hydrogen (secondary N) is 1. The Morgan fingerprint density at radius 1 is 1.00 bits per heavy atom. The van der Waals surface area contributed by atoms with Crippen LogP contribution in [0.3, 0.4) is 0 Å². The van der Waals surface area contributed by atoms with Crippen molar-refractivity contribution in [2.45, 2.75) is 25.9 Å². The molecule has 0 atom stereocenters. The molecule has 2 rings (SSSR count). The minimum Gasteiger partial charge on any atom is -0.326 e. The standard InChI is InChI=1S/C18H15F4NO2/c1-11-2-4-12(5-3-11)16(24)8-9-17(25)23-13-6-7-15(19)14(10-13)18(20,21)22/h2-7,10H,8-9H2,1H3,(H,23,25). The number of amides is 1. The summed E-state index contributed by atoms with van der Waals surface area (Å²) in [5.41, 5.74) is -0.187. The van der Waals surface area contributed by atoms with Crippen molar-refractivity contribution >= 4 is 17.4 Å². The molecule has 0 bridgehead atoms. The zero-order valence-corrected chi connectivity index (χ0v) is 13.3. The fourth-order valence-corrected chi connectivity index (χ4v) is 2.15. The van der Waals surface area contributed by atoms with Crippen LogP contribution in [-0.2, 0) is 11.0 Å². The van der Waals surface area contributed by atoms with E-state index in [1.807, 2.05) is 6.92 Å². The highest BCUT2D eigenvalue weighted by Gasteiger charge is 2.34. The Bertz CT molecular complexity index is 783. The van der Waals surface area contributed by atoms with Crippen molar-refractivity contribution in [3.05, 3.63) is 65.0 Å². The van der Waals surface area contributed by atoms with Crippen LogP contribution in [0.4, 0.5) is 23.2 Å². The van der Waals surface area contributed by atoms with Gasteiger partial charge in [-0.15, -0.1) is 0 Å². The Kier molecular flexibility index (Phi) is 5.56. The summed E-state index contributed by atoms with van der Waals surface area (Å²) in [7, 11) is 0. The first-order chi connectivity index (χ1) is 11.7. The molecule has 2 aromatic rings. The normalized spacial score (nSPS) is 11.2. The smallest absolute Gasteiger partial charge is 0.326 e. The second kappa shape index (κ2) is 7.46. The van der Waals surface area contributed by atoms with Gasteiger partial charge in [0.15, 0.2) is 5.78 Å². The maximum atomic E-state index is 13.2. The minimum absolute atomic E-state index is 0.0811. The second-order valence-electron chi connectivity index (χ2n) is 5.53. The van der Waals surface area contributed by atoms with Crippen LogP contribution >= 0.6 is 0 Å². The highest BCUT2D eigenvalue weighted by molar-refractivity contribution is 6.00. The van der Waals surface area contributed by atoms with Gasteiger partial charge < -0.3 is 5.32 Å². The Hall–Kier alpha value is -2.70. The number of rotatable bonds is 5. The van der Waals surface area contributed by atoms with Crippen molar-refractivity contribution in [1.29, 1.82) is 0 Å². The molecule has 0 aromatic heterocycles. The predicted molar refractivity (Wildman–Crippen MR) is 84.8 cm³/mol. The minimum atomic E-state index is -4.85. The van der Waals surface area contributed by atoms with E-state index in [4.69, 9.17) is 0 Å². The van der Waals surface area contributed by atoms with Gasteiger partial charge in [0.05, 0.1) is 5.56 Å². The molecule has 0 fully saturated rings. The quantitative estimate of drug-likeness (QED) is 0.623. The third-order valence-corrected chi connectivity index (χ3v) is 3.51. The number of anilines is 1. The van der Waals surface area contributed by atoms with E-state index < -0.39 is 23.5 Å². The van der Waals surface area contributed by atoms with Crippen LogP contribution in [0.25, 0.3) is 0 Å². The van der Waals surface area contributed by atoms with E-state index in [2.05, 4.69) is 5.32 Å². The zero-order valence-electron chi connectivity index (χ0n) is 13.3. The third-order valence-electron chi connectivity index (χ3n) is 3.51. The summed E-state index contributed by atoms with van der Waals surface area (Å²) in [6.45, 7) is 1.87. The number of ketones is 1. The molecule has 1 amide bonds. The van der Waals surface area contributed by atoms with E-state index in [9.17, 15) is 27.2 Å². The summed E-state index contributed by atoms with van der Waals surface area (Å²) in [6.07, 6.45) is -5.13. The van der Waals surface area contributed by atoms with Crippen molar-refractivity contribution in [3.63, 3.8) is 0 Å². The topological polar surface area (TPSA) is 46.2 Å². The predicted octanol–water partition coefficient (Wildman–Crippen LogP) is 4.75. The molecule has 0 saturated carbocycles. The summed E-state index contributed by atoms with van der Waals surface area (Å²) < 4.78 is 51.1. The number of alkyl halides is 3. The molecule has 1 N–H and O–H groups in total. The Balaban J connectivity index is 1.96. The third kappa shape index (κ3) is 5.14. The first-order valence-corrected chi connectivity index (χ1v) is 7.43. The van der Waals surface area contributed by atoms with Crippen LogP contribution in [0.5, 0.6) is 0 Å². The summed E-state index contributed by atoms with van der Waals surface area (Å²) >= 11 is 0. The van der Waals surface area contributed by atoms with Crippen LogP contribution in [-0.4, -0.2) is 11.7 Å². The lowest BCUT2D eigenvalue weighted by atomic mass is 10.0. The van der Waals surface area contributed by atoms with Crippen molar-refractivity contribution in [2.24, 2.45) is 0 Å². The van der Waals surface area contributed by atoms with Crippen LogP contribution in [0.15, 0.2) is 42.5 Å². The lowest BCUT2D eigenvalue weighted by Gasteiger charge is -2.11. The molecule has 0 aliphatic rings. The Labute approximate surface area is 141 Å². The van der Waals surface area contributed by atoms with Crippen LogP contribution < -0.4 is 5.32 Å². The number of carbonyl (C=O) groups is 2. The largest absolute Gasteiger partial charge is 0.419 e. The highest BCUT2D eigenvalue weighted by Crippen LogP contribution is 2.33. The van der Waals surface area contributed by atoms with Crippen molar-refractivity contribution in [2.75, 3.05) is 5.32 Å². The highest BCUT2D eigenvalue weighted by atomic mass is 19.4. The summed E-state index contributed by atoms with van der Waals surface area (Å²) in [5, 5.41) is 2.24. The van der Waals surface area contributed by atoms with Crippen LogP contribution in [0, 0.1) is 12.7 Å².